The lowest BCUT2D eigenvalue weighted by Crippen LogP contribution is -2.35. The lowest BCUT2D eigenvalue weighted by molar-refractivity contribution is -0.525. The number of benzene rings is 1. The number of hydrogen-bond donors (Lipinski definition) is 2. The van der Waals surface area contributed by atoms with Gasteiger partial charge in [0.15, 0.2) is 5.03 Å². The Kier molecular flexibility index (Phi) is 4.67. The molecule has 1 heterocycles. The van der Waals surface area contributed by atoms with Crippen LogP contribution in [-0.4, -0.2) is 17.2 Å². The maximum atomic E-state index is 10.1. The summed E-state index contributed by atoms with van der Waals surface area (Å²) in [5.41, 5.74) is 7.78. The van der Waals surface area contributed by atoms with Crippen molar-refractivity contribution in [2.24, 2.45) is 15.9 Å². The summed E-state index contributed by atoms with van der Waals surface area (Å²) in [5.74, 6) is 0.700. The SMILES string of the molecule is NC(=N/N=C/c1ccc(-c2ccc(Br)cc2)o1)N[N+](=O)[O-]. The smallest absolute Gasteiger partial charge is 0.275 e. The number of nitrogens with zero attached hydrogens (tertiary/aromatic N) is 3. The molecule has 0 aliphatic rings. The molecule has 9 heteroatoms. The molecule has 0 bridgehead atoms. The fraction of sp³-hybridized carbons (Fsp3) is 0. The van der Waals surface area contributed by atoms with Gasteiger partial charge in [-0.1, -0.05) is 33.5 Å². The normalized spacial score (nSPS) is 11.8. The Balaban J connectivity index is 2.06. The van der Waals surface area contributed by atoms with Gasteiger partial charge in [0.25, 0.3) is 5.96 Å². The molecule has 0 saturated heterocycles. The Labute approximate surface area is 127 Å². The van der Waals surface area contributed by atoms with Crippen LogP contribution >= 0.6 is 15.9 Å². The number of furan rings is 1. The lowest BCUT2D eigenvalue weighted by atomic mass is 10.2. The number of hydrogen-bond acceptors (Lipinski definition) is 5. The van der Waals surface area contributed by atoms with Crippen LogP contribution in [0.5, 0.6) is 0 Å². The molecule has 0 unspecified atom stereocenters. The van der Waals surface area contributed by atoms with Gasteiger partial charge >= 0.3 is 0 Å². The average Bonchev–Trinajstić information content (AvgIpc) is 2.87. The van der Waals surface area contributed by atoms with Crippen molar-refractivity contribution in [3.63, 3.8) is 0 Å². The summed E-state index contributed by atoms with van der Waals surface area (Å²) in [6.45, 7) is 0. The summed E-state index contributed by atoms with van der Waals surface area (Å²) >= 11 is 3.36. The zero-order chi connectivity index (χ0) is 15.2. The fourth-order valence-corrected chi connectivity index (χ4v) is 1.72. The van der Waals surface area contributed by atoms with Crippen LogP contribution in [-0.2, 0) is 0 Å². The van der Waals surface area contributed by atoms with E-state index in [9.17, 15) is 10.1 Å². The maximum absolute atomic E-state index is 10.1. The van der Waals surface area contributed by atoms with Crippen LogP contribution in [0.1, 0.15) is 5.76 Å². The Bertz CT molecular complexity index is 693. The molecule has 0 saturated carbocycles. The van der Waals surface area contributed by atoms with Gasteiger partial charge in [-0.2, -0.15) is 5.10 Å². The van der Waals surface area contributed by atoms with E-state index in [4.69, 9.17) is 10.2 Å². The highest BCUT2D eigenvalue weighted by Gasteiger charge is 2.03. The summed E-state index contributed by atoms with van der Waals surface area (Å²) in [7, 11) is 0. The first kappa shape index (κ1) is 14.7. The highest BCUT2D eigenvalue weighted by atomic mass is 79.9. The molecule has 108 valence electrons. The quantitative estimate of drug-likeness (QED) is 0.378. The molecule has 0 aliphatic carbocycles. The molecular formula is C12H10BrN5O3. The van der Waals surface area contributed by atoms with Gasteiger partial charge in [-0.25, -0.2) is 10.1 Å². The van der Waals surface area contributed by atoms with Crippen LogP contribution in [0.3, 0.4) is 0 Å². The number of hydrazine groups is 1. The van der Waals surface area contributed by atoms with Crippen LogP contribution in [0.2, 0.25) is 0 Å². The van der Waals surface area contributed by atoms with E-state index in [-0.39, 0.29) is 0 Å². The highest BCUT2D eigenvalue weighted by Crippen LogP contribution is 2.23. The molecule has 0 aliphatic heterocycles. The number of nitrogens with one attached hydrogen (secondary N) is 1. The molecule has 8 nitrogen and oxygen atoms in total. The molecule has 0 amide bonds. The molecule has 0 radical (unpaired) electrons. The third kappa shape index (κ3) is 4.42. The second-order valence-corrected chi connectivity index (χ2v) is 4.72. The molecule has 1 aromatic carbocycles. The van der Waals surface area contributed by atoms with Gasteiger partial charge in [-0.05, 0) is 24.3 Å². The van der Waals surface area contributed by atoms with Crippen molar-refractivity contribution >= 4 is 28.1 Å². The van der Waals surface area contributed by atoms with Crippen LogP contribution in [0.4, 0.5) is 0 Å². The molecule has 3 N–H and O–H groups in total. The predicted octanol–water partition coefficient (Wildman–Crippen LogP) is 2.14. The first-order valence-electron chi connectivity index (χ1n) is 5.68. The number of rotatable bonds is 4. The average molecular weight is 352 g/mol. The third-order valence-corrected chi connectivity index (χ3v) is 2.84. The second kappa shape index (κ2) is 6.66. The third-order valence-electron chi connectivity index (χ3n) is 2.31. The van der Waals surface area contributed by atoms with Gasteiger partial charge in [0.1, 0.15) is 11.5 Å². The molecule has 2 aromatic rings. The summed E-state index contributed by atoms with van der Waals surface area (Å²) < 4.78 is 6.52. The number of nitro groups is 1. The fourth-order valence-electron chi connectivity index (χ4n) is 1.46. The van der Waals surface area contributed by atoms with E-state index in [2.05, 4.69) is 26.1 Å². The van der Waals surface area contributed by atoms with Crippen LogP contribution in [0.15, 0.2) is 55.5 Å². The van der Waals surface area contributed by atoms with Crippen LogP contribution in [0, 0.1) is 10.1 Å². The Morgan fingerprint density at radius 1 is 1.33 bits per heavy atom. The van der Waals surface area contributed by atoms with Gasteiger partial charge < -0.3 is 10.2 Å². The Morgan fingerprint density at radius 2 is 2.05 bits per heavy atom. The molecule has 2 rings (SSSR count). The summed E-state index contributed by atoms with van der Waals surface area (Å²) in [4.78, 5) is 10.1. The molecule has 21 heavy (non-hydrogen) atoms. The van der Waals surface area contributed by atoms with Crippen molar-refractivity contribution in [2.75, 3.05) is 0 Å². The lowest BCUT2D eigenvalue weighted by Gasteiger charge is -1.96. The number of nitrogens with two attached hydrogens (primary N) is 1. The van der Waals surface area contributed by atoms with Crippen molar-refractivity contribution in [1.82, 2.24) is 5.43 Å². The molecule has 0 fully saturated rings. The van der Waals surface area contributed by atoms with Gasteiger partial charge in [-0.3, -0.25) is 0 Å². The molecule has 1 aromatic heterocycles. The molecule has 0 spiro atoms. The van der Waals surface area contributed by atoms with E-state index >= 15 is 0 Å². The first-order chi connectivity index (χ1) is 10.0. The summed E-state index contributed by atoms with van der Waals surface area (Å²) in [6.07, 6.45) is 1.30. The number of halogens is 1. The van der Waals surface area contributed by atoms with E-state index in [0.717, 1.165) is 10.0 Å². The predicted molar refractivity (Wildman–Crippen MR) is 81.2 cm³/mol. The van der Waals surface area contributed by atoms with Gasteiger partial charge in [-0.15, -0.1) is 5.10 Å². The first-order valence-corrected chi connectivity index (χ1v) is 6.47. The van der Waals surface area contributed by atoms with Crippen molar-refractivity contribution in [2.45, 2.75) is 0 Å². The highest BCUT2D eigenvalue weighted by molar-refractivity contribution is 9.10. The molecule has 0 atom stereocenters. The second-order valence-electron chi connectivity index (χ2n) is 3.81. The van der Waals surface area contributed by atoms with Crippen LogP contribution in [0.25, 0.3) is 11.3 Å². The Morgan fingerprint density at radius 3 is 2.71 bits per heavy atom. The van der Waals surface area contributed by atoms with Crippen molar-refractivity contribution < 1.29 is 9.45 Å². The van der Waals surface area contributed by atoms with E-state index in [1.54, 1.807) is 17.6 Å². The van der Waals surface area contributed by atoms with Crippen molar-refractivity contribution in [3.8, 4) is 11.3 Å². The van der Waals surface area contributed by atoms with Gasteiger partial charge in [0.2, 0.25) is 0 Å². The van der Waals surface area contributed by atoms with Crippen molar-refractivity contribution in [3.05, 3.63) is 56.7 Å². The minimum Gasteiger partial charge on any atom is -0.455 e. The monoisotopic (exact) mass is 351 g/mol. The topological polar surface area (TPSA) is 119 Å². The summed E-state index contributed by atoms with van der Waals surface area (Å²) in [5, 5.41) is 16.2. The van der Waals surface area contributed by atoms with Gasteiger partial charge in [0.05, 0.1) is 6.21 Å². The van der Waals surface area contributed by atoms with Gasteiger partial charge in [0, 0.05) is 10.0 Å². The Hall–Kier alpha value is -2.68. The number of guanidine groups is 1. The largest absolute Gasteiger partial charge is 0.455 e. The van der Waals surface area contributed by atoms with E-state index in [1.165, 1.54) is 6.21 Å². The zero-order valence-electron chi connectivity index (χ0n) is 10.6. The molecular weight excluding hydrogens is 342 g/mol. The van der Waals surface area contributed by atoms with E-state index in [1.807, 2.05) is 24.3 Å². The van der Waals surface area contributed by atoms with Crippen molar-refractivity contribution in [1.29, 1.82) is 0 Å². The van der Waals surface area contributed by atoms with E-state index in [0.29, 0.717) is 11.5 Å². The minimum atomic E-state index is -0.827. The standard InChI is InChI=1S/C12H10BrN5O3/c13-9-3-1-8(2-4-9)11-6-5-10(21-11)7-15-16-12(14)17-18(19)20/h1-7H,(H3,14,16,17)/b15-7+. The van der Waals surface area contributed by atoms with Crippen LogP contribution < -0.4 is 11.2 Å². The van der Waals surface area contributed by atoms with E-state index < -0.39 is 11.0 Å². The minimum absolute atomic E-state index is 0.420. The zero-order valence-corrected chi connectivity index (χ0v) is 12.1. The summed E-state index contributed by atoms with van der Waals surface area (Å²) in [6, 6.07) is 11.1. The maximum Gasteiger partial charge on any atom is 0.275 e.